The van der Waals surface area contributed by atoms with Gasteiger partial charge in [-0.15, -0.1) is 11.3 Å². The Hall–Kier alpha value is -3.20. The highest BCUT2D eigenvalue weighted by Gasteiger charge is 2.46. The number of anilines is 1. The molecule has 0 aromatic carbocycles. The maximum Gasteiger partial charge on any atom is 0.490 e. The average molecular weight is 453 g/mol. The molecule has 2 aliphatic rings. The summed E-state index contributed by atoms with van der Waals surface area (Å²) < 4.78 is 31.7. The number of hydrogen-bond donors (Lipinski definition) is 1. The van der Waals surface area contributed by atoms with Crippen LogP contribution in [0, 0.1) is 30.1 Å². The van der Waals surface area contributed by atoms with Crippen molar-refractivity contribution in [1.29, 1.82) is 5.26 Å². The number of pyridine rings is 1. The molecule has 0 saturated carbocycles. The number of amides is 1. The lowest BCUT2D eigenvalue weighted by Crippen LogP contribution is -2.32. The number of rotatable bonds is 3. The van der Waals surface area contributed by atoms with Crippen molar-refractivity contribution in [3.05, 3.63) is 40.0 Å². The number of halogens is 3. The summed E-state index contributed by atoms with van der Waals surface area (Å²) in [6.07, 6.45) is -3.50. The van der Waals surface area contributed by atoms with Gasteiger partial charge in [0.15, 0.2) is 0 Å². The SMILES string of the molecule is Cc1nc(CN2C[C@@H]3CN(c4ccc(C#N)cn4)C[C@@H]3C2=O)cs1.O=C(O)C(F)(F)F. The Morgan fingerprint density at radius 2 is 2.06 bits per heavy atom. The number of aliphatic carboxylic acids is 1. The Kier molecular flexibility index (Phi) is 6.45. The number of likely N-dealkylation sites (tertiary alicyclic amines) is 1. The van der Waals surface area contributed by atoms with Crippen molar-refractivity contribution in [3.63, 3.8) is 0 Å². The summed E-state index contributed by atoms with van der Waals surface area (Å²) in [5.74, 6) is -1.30. The minimum Gasteiger partial charge on any atom is -0.475 e. The summed E-state index contributed by atoms with van der Waals surface area (Å²) in [5.41, 5.74) is 1.54. The normalized spacial score (nSPS) is 20.2. The van der Waals surface area contributed by atoms with Crippen LogP contribution in [0.4, 0.5) is 19.0 Å². The molecule has 12 heteroatoms. The first-order valence-corrected chi connectivity index (χ1v) is 10.1. The minimum atomic E-state index is -5.08. The molecule has 0 spiro atoms. The van der Waals surface area contributed by atoms with Crippen LogP contribution in [0.1, 0.15) is 16.3 Å². The molecule has 31 heavy (non-hydrogen) atoms. The van der Waals surface area contributed by atoms with Crippen molar-refractivity contribution in [2.45, 2.75) is 19.6 Å². The number of nitriles is 1. The molecular formula is C19H18F3N5O3S. The van der Waals surface area contributed by atoms with Gasteiger partial charge in [-0.3, -0.25) is 4.79 Å². The van der Waals surface area contributed by atoms with Gasteiger partial charge in [0.25, 0.3) is 0 Å². The molecule has 1 amide bonds. The van der Waals surface area contributed by atoms with Crippen LogP contribution in [0.3, 0.4) is 0 Å². The average Bonchev–Trinajstić information content (AvgIpc) is 3.39. The topological polar surface area (TPSA) is 110 Å². The van der Waals surface area contributed by atoms with E-state index in [0.29, 0.717) is 24.6 Å². The lowest BCUT2D eigenvalue weighted by molar-refractivity contribution is -0.192. The fourth-order valence-electron chi connectivity index (χ4n) is 3.59. The van der Waals surface area contributed by atoms with Gasteiger partial charge in [-0.1, -0.05) is 0 Å². The van der Waals surface area contributed by atoms with Gasteiger partial charge < -0.3 is 14.9 Å². The van der Waals surface area contributed by atoms with E-state index in [4.69, 9.17) is 15.2 Å². The summed E-state index contributed by atoms with van der Waals surface area (Å²) in [6.45, 7) is 4.92. The Bertz CT molecular complexity index is 1000. The molecule has 4 heterocycles. The minimum absolute atomic E-state index is 0.0437. The number of aromatic nitrogens is 2. The van der Waals surface area contributed by atoms with Crippen molar-refractivity contribution in [1.82, 2.24) is 14.9 Å². The van der Waals surface area contributed by atoms with Gasteiger partial charge in [0.05, 0.1) is 28.7 Å². The number of hydrogen-bond acceptors (Lipinski definition) is 7. The van der Waals surface area contributed by atoms with Gasteiger partial charge in [0.2, 0.25) is 5.91 Å². The van der Waals surface area contributed by atoms with Gasteiger partial charge in [0, 0.05) is 37.1 Å². The smallest absolute Gasteiger partial charge is 0.475 e. The van der Waals surface area contributed by atoms with E-state index in [-0.39, 0.29) is 11.8 Å². The molecule has 0 radical (unpaired) electrons. The van der Waals surface area contributed by atoms with Crippen LogP contribution in [-0.4, -0.2) is 57.7 Å². The lowest BCUT2D eigenvalue weighted by atomic mass is 10.0. The molecular weight excluding hydrogens is 435 g/mol. The summed E-state index contributed by atoms with van der Waals surface area (Å²) in [7, 11) is 0. The molecule has 2 aromatic rings. The second-order valence-electron chi connectivity index (χ2n) is 7.17. The van der Waals surface area contributed by atoms with E-state index in [0.717, 1.165) is 29.6 Å². The van der Waals surface area contributed by atoms with Crippen molar-refractivity contribution < 1.29 is 27.9 Å². The zero-order valence-corrected chi connectivity index (χ0v) is 17.2. The molecule has 2 aliphatic heterocycles. The largest absolute Gasteiger partial charge is 0.490 e. The first-order valence-electron chi connectivity index (χ1n) is 9.19. The molecule has 8 nitrogen and oxygen atoms in total. The van der Waals surface area contributed by atoms with Gasteiger partial charge in [0.1, 0.15) is 11.9 Å². The second kappa shape index (κ2) is 8.89. The van der Waals surface area contributed by atoms with Crippen molar-refractivity contribution in [3.8, 4) is 6.07 Å². The van der Waals surface area contributed by atoms with Crippen LogP contribution in [0.25, 0.3) is 0 Å². The van der Waals surface area contributed by atoms with E-state index >= 15 is 0 Å². The number of fused-ring (bicyclic) bond motifs is 1. The van der Waals surface area contributed by atoms with E-state index in [1.54, 1.807) is 23.6 Å². The van der Waals surface area contributed by atoms with Gasteiger partial charge >= 0.3 is 12.1 Å². The third-order valence-electron chi connectivity index (χ3n) is 4.99. The molecule has 0 unspecified atom stereocenters. The molecule has 2 aromatic heterocycles. The third kappa shape index (κ3) is 5.29. The zero-order valence-electron chi connectivity index (χ0n) is 16.3. The van der Waals surface area contributed by atoms with E-state index < -0.39 is 12.1 Å². The molecule has 0 bridgehead atoms. The predicted octanol–water partition coefficient (Wildman–Crippen LogP) is 2.45. The fourth-order valence-corrected chi connectivity index (χ4v) is 4.19. The lowest BCUT2D eigenvalue weighted by Gasteiger charge is -2.22. The Morgan fingerprint density at radius 3 is 2.55 bits per heavy atom. The number of thiazole rings is 1. The standard InChI is InChI=1S/C17H17N5OS.C2HF3O2/c1-11-20-14(10-24-11)8-22-7-13-6-21(9-15(13)17(22)23)16-3-2-12(4-18)5-19-16;3-2(4,5)1(6)7/h2-3,5,10,13,15H,6-9H2,1H3;(H,6,7)/t13-,15-;/m0./s1. The number of aryl methyl sites for hydroxylation is 1. The summed E-state index contributed by atoms with van der Waals surface area (Å²) in [4.78, 5) is 34.5. The highest BCUT2D eigenvalue weighted by atomic mass is 32.1. The maximum absolute atomic E-state index is 12.7. The predicted molar refractivity (Wildman–Crippen MR) is 104 cm³/mol. The van der Waals surface area contributed by atoms with Gasteiger partial charge in [-0.05, 0) is 19.1 Å². The number of carboxylic acids is 1. The molecule has 1 N–H and O–H groups in total. The summed E-state index contributed by atoms with van der Waals surface area (Å²) in [6, 6.07) is 5.71. The Labute approximate surface area is 179 Å². The van der Waals surface area contributed by atoms with Crippen LogP contribution in [0.2, 0.25) is 0 Å². The second-order valence-corrected chi connectivity index (χ2v) is 8.23. The molecule has 2 atom stereocenters. The number of carboxylic acid groups (broad SMARTS) is 1. The highest BCUT2D eigenvalue weighted by molar-refractivity contribution is 7.09. The van der Waals surface area contributed by atoms with Crippen LogP contribution < -0.4 is 4.90 Å². The van der Waals surface area contributed by atoms with Crippen LogP contribution in [0.5, 0.6) is 0 Å². The molecule has 2 saturated heterocycles. The summed E-state index contributed by atoms with van der Waals surface area (Å²) >= 11 is 1.62. The molecule has 2 fully saturated rings. The van der Waals surface area contributed by atoms with Crippen LogP contribution in [0.15, 0.2) is 23.7 Å². The zero-order chi connectivity index (χ0) is 22.8. The van der Waals surface area contributed by atoms with Crippen molar-refractivity contribution in [2.24, 2.45) is 11.8 Å². The van der Waals surface area contributed by atoms with E-state index in [1.165, 1.54) is 0 Å². The summed E-state index contributed by atoms with van der Waals surface area (Å²) in [5, 5.41) is 19.0. The van der Waals surface area contributed by atoms with Crippen molar-refractivity contribution in [2.75, 3.05) is 24.5 Å². The van der Waals surface area contributed by atoms with E-state index in [1.807, 2.05) is 23.3 Å². The maximum atomic E-state index is 12.7. The quantitative estimate of drug-likeness (QED) is 0.760. The van der Waals surface area contributed by atoms with Gasteiger partial charge in [-0.2, -0.15) is 18.4 Å². The number of alkyl halides is 3. The van der Waals surface area contributed by atoms with Crippen molar-refractivity contribution >= 4 is 29.0 Å². The van der Waals surface area contributed by atoms with Crippen LogP contribution in [-0.2, 0) is 16.1 Å². The third-order valence-corrected chi connectivity index (χ3v) is 5.81. The first-order chi connectivity index (χ1) is 14.6. The number of carbonyl (C=O) groups excluding carboxylic acids is 1. The molecule has 164 valence electrons. The van der Waals surface area contributed by atoms with E-state index in [2.05, 4.69) is 20.9 Å². The molecule has 4 rings (SSSR count). The van der Waals surface area contributed by atoms with E-state index in [9.17, 15) is 18.0 Å². The Balaban J connectivity index is 0.000000339. The van der Waals surface area contributed by atoms with Crippen LogP contribution >= 0.6 is 11.3 Å². The monoisotopic (exact) mass is 453 g/mol. The number of nitrogens with zero attached hydrogens (tertiary/aromatic N) is 5. The fraction of sp³-hybridized carbons (Fsp3) is 0.421. The van der Waals surface area contributed by atoms with Gasteiger partial charge in [-0.25, -0.2) is 14.8 Å². The highest BCUT2D eigenvalue weighted by Crippen LogP contribution is 2.35. The molecule has 0 aliphatic carbocycles. The Morgan fingerprint density at radius 1 is 1.35 bits per heavy atom. The first kappa shape index (κ1) is 22.5. The number of carbonyl (C=O) groups is 2.